The quantitative estimate of drug-likeness (QED) is 0.544. The van der Waals surface area contributed by atoms with Crippen LogP contribution in [0.5, 0.6) is 0 Å². The highest BCUT2D eigenvalue weighted by molar-refractivity contribution is 8.00. The van der Waals surface area contributed by atoms with E-state index in [1.165, 1.54) is 43.7 Å². The Balaban J connectivity index is 1.25. The Morgan fingerprint density at radius 3 is 2.44 bits per heavy atom. The minimum atomic E-state index is -4.47. The molecule has 184 valence electrons. The average Bonchev–Trinajstić information content (AvgIpc) is 3.30. The smallest absolute Gasteiger partial charge is 0.356 e. The Hall–Kier alpha value is -2.00. The molecule has 1 aromatic heterocycles. The van der Waals surface area contributed by atoms with Crippen LogP contribution in [0, 0.1) is 12.3 Å². The summed E-state index contributed by atoms with van der Waals surface area (Å²) >= 11 is 1.95. The van der Waals surface area contributed by atoms with Crippen LogP contribution < -0.4 is 10.2 Å². The number of nitrogens with zero attached hydrogens (tertiary/aromatic N) is 4. The number of thioether (sulfide) groups is 1. The fourth-order valence-electron chi connectivity index (χ4n) is 5.46. The van der Waals surface area contributed by atoms with E-state index >= 15 is 0 Å². The molecule has 2 aliphatic heterocycles. The highest BCUT2D eigenvalue weighted by Gasteiger charge is 2.45. The van der Waals surface area contributed by atoms with Crippen LogP contribution in [0.15, 0.2) is 29.3 Å². The number of aryl methyl sites for hydroxylation is 1. The zero-order valence-corrected chi connectivity index (χ0v) is 20.6. The first-order valence-corrected chi connectivity index (χ1v) is 13.0. The summed E-state index contributed by atoms with van der Waals surface area (Å²) < 4.78 is 40.5. The lowest BCUT2D eigenvalue weighted by Gasteiger charge is -2.51. The van der Waals surface area contributed by atoms with E-state index in [-0.39, 0.29) is 11.8 Å². The summed E-state index contributed by atoms with van der Waals surface area (Å²) in [5.41, 5.74) is 1.64. The number of likely N-dealkylation sites (tertiary alicyclic amines) is 1. The summed E-state index contributed by atoms with van der Waals surface area (Å²) in [4.78, 5) is 13.6. The molecule has 5 nitrogen and oxygen atoms in total. The molecule has 2 aromatic rings. The number of anilines is 3. The molecule has 1 aliphatic carbocycles. The maximum absolute atomic E-state index is 13.5. The molecule has 0 radical (unpaired) electrons. The third-order valence-electron chi connectivity index (χ3n) is 7.60. The second-order valence-electron chi connectivity index (χ2n) is 10.2. The van der Waals surface area contributed by atoms with Crippen molar-refractivity contribution in [1.29, 1.82) is 0 Å². The first-order chi connectivity index (χ1) is 16.2. The summed E-state index contributed by atoms with van der Waals surface area (Å²) in [5, 5.41) is 3.81. The molecular formula is C25H32F3N5S. The van der Waals surface area contributed by atoms with Crippen LogP contribution in [0.25, 0.3) is 0 Å². The highest BCUT2D eigenvalue weighted by atomic mass is 32.2. The van der Waals surface area contributed by atoms with Crippen LogP contribution in [-0.2, 0) is 6.18 Å². The largest absolute Gasteiger partial charge is 0.421 e. The predicted octanol–water partition coefficient (Wildman–Crippen LogP) is 6.11. The normalized spacial score (nSPS) is 21.1. The van der Waals surface area contributed by atoms with Crippen molar-refractivity contribution < 1.29 is 13.2 Å². The lowest BCUT2D eigenvalue weighted by molar-refractivity contribution is -0.137. The van der Waals surface area contributed by atoms with Crippen molar-refractivity contribution in [3.63, 3.8) is 0 Å². The fraction of sp³-hybridized carbons (Fsp3) is 0.600. The lowest BCUT2D eigenvalue weighted by atomic mass is 9.63. The second-order valence-corrected chi connectivity index (χ2v) is 11.5. The molecule has 3 aliphatic rings. The average molecular weight is 492 g/mol. The van der Waals surface area contributed by atoms with Crippen LogP contribution in [0.2, 0.25) is 0 Å². The molecule has 2 saturated heterocycles. The minimum Gasteiger partial charge on any atom is -0.356 e. The molecule has 0 atom stereocenters. The Labute approximate surface area is 203 Å². The highest BCUT2D eigenvalue weighted by Crippen LogP contribution is 2.54. The van der Waals surface area contributed by atoms with Crippen molar-refractivity contribution in [3.05, 3.63) is 35.5 Å². The van der Waals surface area contributed by atoms with Gasteiger partial charge in [0.2, 0.25) is 5.95 Å². The number of hydrogen-bond acceptors (Lipinski definition) is 6. The standard InChI is InChI=1S/C25H32F3N5S/c1-17-13-18(34-19-14-24(15-19)7-11-32(2)12-8-24)5-6-21(17)30-23-29-16-20(25(26,27)28)22(31-23)33-9-3-4-10-33/h5-6,13,16,19H,3-4,7-12,14-15H2,1-2H3,(H,29,30,31). The molecule has 0 amide bonds. The first kappa shape index (κ1) is 23.7. The second kappa shape index (κ2) is 9.22. The number of halogens is 3. The van der Waals surface area contributed by atoms with Gasteiger partial charge < -0.3 is 15.1 Å². The van der Waals surface area contributed by atoms with E-state index in [0.29, 0.717) is 23.8 Å². The van der Waals surface area contributed by atoms with Gasteiger partial charge in [-0.3, -0.25) is 0 Å². The Bertz CT molecular complexity index is 1020. The molecule has 34 heavy (non-hydrogen) atoms. The number of rotatable bonds is 5. The number of alkyl halides is 3. The van der Waals surface area contributed by atoms with E-state index in [1.807, 2.05) is 24.8 Å². The number of hydrogen-bond donors (Lipinski definition) is 1. The Morgan fingerprint density at radius 1 is 1.09 bits per heavy atom. The minimum absolute atomic E-state index is 0.0276. The van der Waals surface area contributed by atoms with Gasteiger partial charge >= 0.3 is 6.18 Å². The van der Waals surface area contributed by atoms with Gasteiger partial charge in [0.05, 0.1) is 0 Å². The van der Waals surface area contributed by atoms with E-state index in [2.05, 4.69) is 39.4 Å². The molecule has 0 bridgehead atoms. The zero-order valence-electron chi connectivity index (χ0n) is 19.8. The van der Waals surface area contributed by atoms with Gasteiger partial charge in [0.15, 0.2) is 0 Å². The Kier molecular flexibility index (Phi) is 6.44. The summed E-state index contributed by atoms with van der Waals surface area (Å²) in [6.07, 6.45) is 3.40. The fourth-order valence-corrected chi connectivity index (χ4v) is 7.11. The molecule has 9 heteroatoms. The van der Waals surface area contributed by atoms with Gasteiger partial charge in [0, 0.05) is 35.1 Å². The van der Waals surface area contributed by atoms with E-state index in [0.717, 1.165) is 30.3 Å². The van der Waals surface area contributed by atoms with Gasteiger partial charge in [-0.25, -0.2) is 4.98 Å². The maximum Gasteiger partial charge on any atom is 0.421 e. The molecule has 5 rings (SSSR count). The van der Waals surface area contributed by atoms with Gasteiger partial charge in [-0.05, 0) is 94.8 Å². The first-order valence-electron chi connectivity index (χ1n) is 12.1. The van der Waals surface area contributed by atoms with Crippen molar-refractivity contribution in [2.24, 2.45) is 5.41 Å². The van der Waals surface area contributed by atoms with E-state index in [1.54, 1.807) is 4.90 Å². The van der Waals surface area contributed by atoms with Gasteiger partial charge in [-0.2, -0.15) is 18.2 Å². The Morgan fingerprint density at radius 2 is 1.79 bits per heavy atom. The van der Waals surface area contributed by atoms with E-state index in [9.17, 15) is 13.2 Å². The van der Waals surface area contributed by atoms with Crippen LogP contribution in [0.4, 0.5) is 30.6 Å². The number of piperidine rings is 1. The topological polar surface area (TPSA) is 44.3 Å². The summed E-state index contributed by atoms with van der Waals surface area (Å²) in [7, 11) is 2.21. The molecular weight excluding hydrogens is 459 g/mol. The van der Waals surface area contributed by atoms with Crippen LogP contribution in [-0.4, -0.2) is 53.3 Å². The van der Waals surface area contributed by atoms with Gasteiger partial charge in [0.25, 0.3) is 0 Å². The number of nitrogens with one attached hydrogen (secondary N) is 1. The van der Waals surface area contributed by atoms with Crippen molar-refractivity contribution >= 4 is 29.2 Å². The molecule has 1 saturated carbocycles. The van der Waals surface area contributed by atoms with Crippen LogP contribution in [0.3, 0.4) is 0 Å². The lowest BCUT2D eigenvalue weighted by Crippen LogP contribution is -2.47. The third-order valence-corrected chi connectivity index (χ3v) is 8.79. The summed E-state index contributed by atoms with van der Waals surface area (Å²) in [6.45, 7) is 5.61. The van der Waals surface area contributed by atoms with Crippen molar-refractivity contribution in [2.45, 2.75) is 61.8 Å². The predicted molar refractivity (Wildman–Crippen MR) is 131 cm³/mol. The van der Waals surface area contributed by atoms with Crippen LogP contribution >= 0.6 is 11.8 Å². The zero-order chi connectivity index (χ0) is 23.9. The van der Waals surface area contributed by atoms with Crippen LogP contribution in [0.1, 0.15) is 49.7 Å². The van der Waals surface area contributed by atoms with Gasteiger partial charge in [-0.15, -0.1) is 11.8 Å². The van der Waals surface area contributed by atoms with E-state index < -0.39 is 11.7 Å². The summed E-state index contributed by atoms with van der Waals surface area (Å²) in [5.74, 6) is 0.168. The molecule has 3 heterocycles. The van der Waals surface area contributed by atoms with Crippen molar-refractivity contribution in [2.75, 3.05) is 43.4 Å². The van der Waals surface area contributed by atoms with Crippen molar-refractivity contribution in [1.82, 2.24) is 14.9 Å². The number of aromatic nitrogens is 2. The monoisotopic (exact) mass is 491 g/mol. The van der Waals surface area contributed by atoms with E-state index in [4.69, 9.17) is 0 Å². The third kappa shape index (κ3) is 5.00. The maximum atomic E-state index is 13.5. The van der Waals surface area contributed by atoms with Crippen molar-refractivity contribution in [3.8, 4) is 0 Å². The SMILES string of the molecule is Cc1cc(SC2CC3(CCN(C)CC3)C2)ccc1Nc1ncc(C(F)(F)F)c(N2CCCC2)n1. The molecule has 3 fully saturated rings. The van der Waals surface area contributed by atoms with Gasteiger partial charge in [0.1, 0.15) is 11.4 Å². The molecule has 1 N–H and O–H groups in total. The molecule has 1 spiro atoms. The molecule has 1 aromatic carbocycles. The van der Waals surface area contributed by atoms with Gasteiger partial charge in [-0.1, -0.05) is 0 Å². The molecule has 0 unspecified atom stereocenters. The number of benzene rings is 1. The summed E-state index contributed by atoms with van der Waals surface area (Å²) in [6, 6.07) is 6.22.